The summed E-state index contributed by atoms with van der Waals surface area (Å²) in [7, 11) is 0.154. The van der Waals surface area contributed by atoms with Gasteiger partial charge in [-0.05, 0) is 37.1 Å². The highest BCUT2D eigenvalue weighted by Crippen LogP contribution is 2.34. The summed E-state index contributed by atoms with van der Waals surface area (Å²) >= 11 is 0. The van der Waals surface area contributed by atoms with E-state index < -0.39 is 33.6 Å². The number of esters is 1. The molecule has 0 bridgehead atoms. The summed E-state index contributed by atoms with van der Waals surface area (Å²) in [5, 5.41) is 2.69. The molecule has 9 nitrogen and oxygen atoms in total. The summed E-state index contributed by atoms with van der Waals surface area (Å²) in [5.74, 6) is -1.76. The van der Waals surface area contributed by atoms with E-state index in [1.54, 1.807) is 0 Å². The molecule has 2 aromatic carbocycles. The van der Waals surface area contributed by atoms with Crippen LogP contribution in [0, 0.1) is 11.7 Å². The van der Waals surface area contributed by atoms with Crippen molar-refractivity contribution in [3.63, 3.8) is 0 Å². The van der Waals surface area contributed by atoms with Crippen LogP contribution < -0.4 is 14.8 Å². The first-order chi connectivity index (χ1) is 15.7. The quantitative estimate of drug-likeness (QED) is 0.607. The molecule has 2 aromatic rings. The Morgan fingerprint density at radius 1 is 1.06 bits per heavy atom. The molecule has 0 radical (unpaired) electrons. The topological polar surface area (TPSA) is 111 Å². The molecule has 11 heteroatoms. The van der Waals surface area contributed by atoms with Crippen LogP contribution in [-0.2, 0) is 19.6 Å². The van der Waals surface area contributed by atoms with Crippen molar-refractivity contribution in [1.29, 1.82) is 0 Å². The van der Waals surface area contributed by atoms with Gasteiger partial charge in [0.2, 0.25) is 15.9 Å². The van der Waals surface area contributed by atoms with Gasteiger partial charge in [0.25, 0.3) is 0 Å². The fourth-order valence-corrected chi connectivity index (χ4v) is 5.15. The Morgan fingerprint density at radius 3 is 2.30 bits per heavy atom. The maximum absolute atomic E-state index is 13.2. The molecule has 1 N–H and O–H groups in total. The maximum Gasteiger partial charge on any atom is 0.340 e. The number of nitrogens with one attached hydrogen (secondary N) is 1. The van der Waals surface area contributed by atoms with E-state index in [0.29, 0.717) is 18.6 Å². The molecule has 1 amide bonds. The van der Waals surface area contributed by atoms with Crippen LogP contribution in [-0.4, -0.2) is 59.0 Å². The molecule has 0 aliphatic carbocycles. The predicted molar refractivity (Wildman–Crippen MR) is 117 cm³/mol. The highest BCUT2D eigenvalue weighted by molar-refractivity contribution is 7.89. The summed E-state index contributed by atoms with van der Waals surface area (Å²) in [4.78, 5) is 25.2. The number of sulfonamides is 1. The number of amides is 1. The first-order valence-electron chi connectivity index (χ1n) is 10.1. The van der Waals surface area contributed by atoms with Crippen molar-refractivity contribution in [1.82, 2.24) is 4.31 Å². The Hall–Kier alpha value is -3.18. The number of nitrogens with zero attached hydrogens (tertiary/aromatic N) is 1. The number of piperidine rings is 1. The molecule has 1 aliphatic heterocycles. The SMILES string of the molecule is COC(=O)c1cc(OC)c(OC)cc1NC(=O)[C@@H]1CCCN(S(=O)(=O)c2ccc(F)cc2)C1. The van der Waals surface area contributed by atoms with E-state index >= 15 is 0 Å². The Kier molecular flexibility index (Phi) is 7.54. The normalized spacial score (nSPS) is 16.7. The van der Waals surface area contributed by atoms with Gasteiger partial charge in [-0.2, -0.15) is 4.31 Å². The van der Waals surface area contributed by atoms with Crippen LogP contribution in [0.25, 0.3) is 0 Å². The molecule has 1 fully saturated rings. The molecule has 1 saturated heterocycles. The van der Waals surface area contributed by atoms with Crippen LogP contribution in [0.1, 0.15) is 23.2 Å². The monoisotopic (exact) mass is 480 g/mol. The van der Waals surface area contributed by atoms with Gasteiger partial charge in [-0.25, -0.2) is 17.6 Å². The van der Waals surface area contributed by atoms with Crippen molar-refractivity contribution in [2.24, 2.45) is 5.92 Å². The number of hydrogen-bond donors (Lipinski definition) is 1. The lowest BCUT2D eigenvalue weighted by molar-refractivity contribution is -0.120. The number of hydrogen-bond acceptors (Lipinski definition) is 7. The molecule has 0 unspecified atom stereocenters. The van der Waals surface area contributed by atoms with Crippen molar-refractivity contribution >= 4 is 27.6 Å². The summed E-state index contributed by atoms with van der Waals surface area (Å²) in [6, 6.07) is 7.38. The number of carbonyl (C=O) groups excluding carboxylic acids is 2. The number of carbonyl (C=O) groups is 2. The van der Waals surface area contributed by atoms with Gasteiger partial charge < -0.3 is 19.5 Å². The minimum Gasteiger partial charge on any atom is -0.493 e. The van der Waals surface area contributed by atoms with Crippen LogP contribution in [0.5, 0.6) is 11.5 Å². The minimum atomic E-state index is -3.89. The van der Waals surface area contributed by atoms with E-state index in [2.05, 4.69) is 5.32 Å². The Labute approximate surface area is 191 Å². The number of methoxy groups -OCH3 is 3. The zero-order valence-corrected chi connectivity index (χ0v) is 19.3. The standard InChI is InChI=1S/C22H25FN2O7S/c1-30-19-11-17(22(27)32-3)18(12-20(19)31-2)24-21(26)14-5-4-10-25(13-14)33(28,29)16-8-6-15(23)7-9-16/h6-9,11-12,14H,4-5,10,13H2,1-3H3,(H,24,26)/t14-/m1/s1. The van der Waals surface area contributed by atoms with E-state index in [4.69, 9.17) is 14.2 Å². The third kappa shape index (κ3) is 5.25. The van der Waals surface area contributed by atoms with E-state index in [0.717, 1.165) is 12.1 Å². The Morgan fingerprint density at radius 2 is 1.70 bits per heavy atom. The highest BCUT2D eigenvalue weighted by Gasteiger charge is 2.34. The van der Waals surface area contributed by atoms with Gasteiger partial charge in [-0.15, -0.1) is 0 Å². The first kappa shape index (κ1) is 24.5. The summed E-state index contributed by atoms with van der Waals surface area (Å²) in [6.07, 6.45) is 0.927. The van der Waals surface area contributed by atoms with E-state index in [9.17, 15) is 22.4 Å². The Balaban J connectivity index is 1.83. The second-order valence-corrected chi connectivity index (χ2v) is 9.33. The number of anilines is 1. The average molecular weight is 481 g/mol. The smallest absolute Gasteiger partial charge is 0.340 e. The number of rotatable bonds is 7. The minimum absolute atomic E-state index is 0.0437. The molecule has 1 atom stereocenters. The van der Waals surface area contributed by atoms with Crippen LogP contribution in [0.15, 0.2) is 41.3 Å². The van der Waals surface area contributed by atoms with E-state index in [-0.39, 0.29) is 35.0 Å². The van der Waals surface area contributed by atoms with Crippen molar-refractivity contribution < 1.29 is 36.6 Å². The van der Waals surface area contributed by atoms with Crippen LogP contribution in [0.4, 0.5) is 10.1 Å². The van der Waals surface area contributed by atoms with Gasteiger partial charge in [-0.3, -0.25) is 4.79 Å². The molecule has 0 aromatic heterocycles. The van der Waals surface area contributed by atoms with Gasteiger partial charge in [0.1, 0.15) is 5.82 Å². The lowest BCUT2D eigenvalue weighted by atomic mass is 9.98. The van der Waals surface area contributed by atoms with Crippen LogP contribution >= 0.6 is 0 Å². The number of halogens is 1. The maximum atomic E-state index is 13.2. The van der Waals surface area contributed by atoms with Crippen LogP contribution in [0.2, 0.25) is 0 Å². The molecule has 1 aliphatic rings. The number of ether oxygens (including phenoxy) is 3. The van der Waals surface area contributed by atoms with Gasteiger partial charge in [0.05, 0.1) is 43.4 Å². The number of benzene rings is 2. The summed E-state index contributed by atoms with van der Waals surface area (Å²) < 4.78 is 55.5. The van der Waals surface area contributed by atoms with E-state index in [1.165, 1.54) is 49.9 Å². The third-order valence-corrected chi connectivity index (χ3v) is 7.27. The fourth-order valence-electron chi connectivity index (χ4n) is 3.63. The zero-order valence-electron chi connectivity index (χ0n) is 18.5. The molecule has 0 spiro atoms. The van der Waals surface area contributed by atoms with Crippen molar-refractivity contribution in [3.8, 4) is 11.5 Å². The largest absolute Gasteiger partial charge is 0.493 e. The molecule has 0 saturated carbocycles. The van der Waals surface area contributed by atoms with E-state index in [1.807, 2.05) is 0 Å². The third-order valence-electron chi connectivity index (χ3n) is 5.39. The highest BCUT2D eigenvalue weighted by atomic mass is 32.2. The van der Waals surface area contributed by atoms with Crippen molar-refractivity contribution in [2.45, 2.75) is 17.7 Å². The molecule has 178 valence electrons. The van der Waals surface area contributed by atoms with Crippen molar-refractivity contribution in [2.75, 3.05) is 39.7 Å². The second-order valence-electron chi connectivity index (χ2n) is 7.39. The van der Waals surface area contributed by atoms with Gasteiger partial charge in [0.15, 0.2) is 11.5 Å². The fraction of sp³-hybridized carbons (Fsp3) is 0.364. The Bertz CT molecular complexity index is 1140. The molecular formula is C22H25FN2O7S. The van der Waals surface area contributed by atoms with Crippen molar-refractivity contribution in [3.05, 3.63) is 47.8 Å². The second kappa shape index (κ2) is 10.2. The molecule has 33 heavy (non-hydrogen) atoms. The van der Waals surface area contributed by atoms with Gasteiger partial charge in [0, 0.05) is 25.2 Å². The lowest BCUT2D eigenvalue weighted by Gasteiger charge is -2.31. The average Bonchev–Trinajstić information content (AvgIpc) is 2.83. The predicted octanol–water partition coefficient (Wildman–Crippen LogP) is 2.67. The molecular weight excluding hydrogens is 455 g/mol. The zero-order chi connectivity index (χ0) is 24.2. The summed E-state index contributed by atoms with van der Waals surface area (Å²) in [6.45, 7) is 0.194. The first-order valence-corrected chi connectivity index (χ1v) is 11.6. The van der Waals surface area contributed by atoms with Gasteiger partial charge in [-0.1, -0.05) is 0 Å². The van der Waals surface area contributed by atoms with Crippen LogP contribution in [0.3, 0.4) is 0 Å². The molecule has 1 heterocycles. The lowest BCUT2D eigenvalue weighted by Crippen LogP contribution is -2.43. The molecule has 3 rings (SSSR count). The van der Waals surface area contributed by atoms with Gasteiger partial charge >= 0.3 is 5.97 Å². The summed E-state index contributed by atoms with van der Waals surface area (Å²) in [5.41, 5.74) is 0.220.